The van der Waals surface area contributed by atoms with E-state index in [-0.39, 0.29) is 5.02 Å². The molecule has 1 saturated carbocycles. The van der Waals surface area contributed by atoms with Crippen molar-refractivity contribution >= 4 is 33.3 Å². The maximum absolute atomic E-state index is 13.7. The fourth-order valence-electron chi connectivity index (χ4n) is 2.14. The molecule has 1 aliphatic carbocycles. The van der Waals surface area contributed by atoms with E-state index in [1.807, 2.05) is 6.92 Å². The molecule has 1 fully saturated rings. The van der Waals surface area contributed by atoms with Crippen LogP contribution in [0.1, 0.15) is 31.4 Å². The number of hydrogen-bond acceptors (Lipinski definition) is 3. The monoisotopic (exact) mass is 369 g/mol. The first kappa shape index (κ1) is 14.7. The van der Waals surface area contributed by atoms with Gasteiger partial charge in [-0.25, -0.2) is 14.4 Å². The van der Waals surface area contributed by atoms with Crippen molar-refractivity contribution in [3.8, 4) is 11.4 Å². The van der Waals surface area contributed by atoms with Crippen LogP contribution in [0.15, 0.2) is 22.7 Å². The Kier molecular flexibility index (Phi) is 4.13. The zero-order valence-corrected chi connectivity index (χ0v) is 13.8. The molecule has 0 aliphatic heterocycles. The van der Waals surface area contributed by atoms with Gasteiger partial charge in [0.2, 0.25) is 0 Å². The van der Waals surface area contributed by atoms with Gasteiger partial charge in [-0.1, -0.05) is 11.6 Å². The Balaban J connectivity index is 2.10. The second kappa shape index (κ2) is 5.89. The fourth-order valence-corrected chi connectivity index (χ4v) is 2.90. The van der Waals surface area contributed by atoms with E-state index in [0.29, 0.717) is 17.3 Å². The van der Waals surface area contributed by atoms with E-state index in [0.717, 1.165) is 35.4 Å². The molecule has 2 aromatic rings. The molecule has 0 bridgehead atoms. The average molecular weight is 371 g/mol. The zero-order valence-electron chi connectivity index (χ0n) is 11.5. The summed E-state index contributed by atoms with van der Waals surface area (Å²) in [7, 11) is 0. The second-order valence-corrected chi connectivity index (χ2v) is 6.23. The highest BCUT2D eigenvalue weighted by molar-refractivity contribution is 9.10. The molecule has 0 spiro atoms. The molecule has 3 nitrogen and oxygen atoms in total. The summed E-state index contributed by atoms with van der Waals surface area (Å²) >= 11 is 9.30. The topological polar surface area (TPSA) is 37.8 Å². The fraction of sp³-hybridized carbons (Fsp3) is 0.333. The minimum absolute atomic E-state index is 0.102. The Morgan fingerprint density at radius 3 is 2.76 bits per heavy atom. The molecule has 1 aromatic heterocycles. The van der Waals surface area contributed by atoms with Crippen LogP contribution in [0, 0.1) is 5.82 Å². The zero-order chi connectivity index (χ0) is 15.0. The number of rotatable bonds is 4. The summed E-state index contributed by atoms with van der Waals surface area (Å²) in [4.78, 5) is 9.11. The van der Waals surface area contributed by atoms with Crippen LogP contribution in [0.3, 0.4) is 0 Å². The lowest BCUT2D eigenvalue weighted by Crippen LogP contribution is -2.06. The lowest BCUT2D eigenvalue weighted by atomic mass is 10.2. The molecule has 0 saturated heterocycles. The van der Waals surface area contributed by atoms with Gasteiger partial charge in [-0.3, -0.25) is 0 Å². The molecule has 3 rings (SSSR count). The lowest BCUT2D eigenvalue weighted by Gasteiger charge is -2.12. The predicted octanol–water partition coefficient (Wildman–Crippen LogP) is 5.01. The van der Waals surface area contributed by atoms with Crippen molar-refractivity contribution in [2.45, 2.75) is 25.7 Å². The Hall–Kier alpha value is -1.20. The van der Waals surface area contributed by atoms with Crippen LogP contribution in [0.4, 0.5) is 10.2 Å². The van der Waals surface area contributed by atoms with Gasteiger partial charge in [-0.05, 0) is 53.9 Å². The number of halogens is 3. The first-order valence-corrected chi connectivity index (χ1v) is 8.04. The molecule has 6 heteroatoms. The van der Waals surface area contributed by atoms with Crippen LogP contribution in [0.5, 0.6) is 0 Å². The number of nitrogens with zero attached hydrogens (tertiary/aromatic N) is 2. The van der Waals surface area contributed by atoms with Crippen LogP contribution in [0.2, 0.25) is 5.02 Å². The molecular formula is C15H14BrClFN3. The van der Waals surface area contributed by atoms with Gasteiger partial charge in [0.25, 0.3) is 0 Å². The maximum atomic E-state index is 13.7. The quantitative estimate of drug-likeness (QED) is 0.822. The molecule has 0 atom stereocenters. The van der Waals surface area contributed by atoms with Gasteiger partial charge in [0.1, 0.15) is 11.6 Å². The third-order valence-electron chi connectivity index (χ3n) is 3.36. The summed E-state index contributed by atoms with van der Waals surface area (Å²) in [5, 5.41) is 3.32. The highest BCUT2D eigenvalue weighted by Gasteiger charge is 2.29. The first-order valence-electron chi connectivity index (χ1n) is 6.87. The third-order valence-corrected chi connectivity index (χ3v) is 4.45. The van der Waals surface area contributed by atoms with E-state index in [9.17, 15) is 4.39 Å². The van der Waals surface area contributed by atoms with Crippen LogP contribution in [0.25, 0.3) is 11.4 Å². The van der Waals surface area contributed by atoms with Crippen molar-refractivity contribution < 1.29 is 4.39 Å². The van der Waals surface area contributed by atoms with E-state index in [1.54, 1.807) is 6.07 Å². The Bertz CT molecular complexity index is 689. The summed E-state index contributed by atoms with van der Waals surface area (Å²) < 4.78 is 14.6. The number of benzene rings is 1. The summed E-state index contributed by atoms with van der Waals surface area (Å²) in [5.74, 6) is 1.28. The van der Waals surface area contributed by atoms with Gasteiger partial charge < -0.3 is 5.32 Å². The Morgan fingerprint density at radius 1 is 1.38 bits per heavy atom. The summed E-state index contributed by atoms with van der Waals surface area (Å²) in [6.07, 6.45) is 2.27. The number of hydrogen-bond donors (Lipinski definition) is 1. The van der Waals surface area contributed by atoms with Gasteiger partial charge in [-0.2, -0.15) is 0 Å². The van der Waals surface area contributed by atoms with Crippen molar-refractivity contribution in [2.24, 2.45) is 0 Å². The predicted molar refractivity (Wildman–Crippen MR) is 86.3 cm³/mol. The molecule has 0 unspecified atom stereocenters. The number of aromatic nitrogens is 2. The largest absolute Gasteiger partial charge is 0.369 e. The van der Waals surface area contributed by atoms with Gasteiger partial charge in [-0.15, -0.1) is 0 Å². The number of anilines is 1. The first-order chi connectivity index (χ1) is 10.1. The van der Waals surface area contributed by atoms with Gasteiger partial charge >= 0.3 is 0 Å². The molecule has 1 heterocycles. The molecular weight excluding hydrogens is 357 g/mol. The molecule has 0 radical (unpaired) electrons. The van der Waals surface area contributed by atoms with E-state index in [4.69, 9.17) is 11.6 Å². The SMILES string of the molecule is CCNc1nc(-c2ccc(Cl)c(F)c2)nc(C2CC2)c1Br. The van der Waals surface area contributed by atoms with Crippen molar-refractivity contribution in [1.29, 1.82) is 0 Å². The van der Waals surface area contributed by atoms with E-state index >= 15 is 0 Å². The summed E-state index contributed by atoms with van der Waals surface area (Å²) in [6, 6.07) is 4.64. The third kappa shape index (κ3) is 3.04. The molecule has 1 aliphatic rings. The lowest BCUT2D eigenvalue weighted by molar-refractivity contribution is 0.628. The van der Waals surface area contributed by atoms with Crippen molar-refractivity contribution in [1.82, 2.24) is 9.97 Å². The smallest absolute Gasteiger partial charge is 0.161 e. The van der Waals surface area contributed by atoms with Crippen LogP contribution < -0.4 is 5.32 Å². The maximum Gasteiger partial charge on any atom is 0.161 e. The minimum Gasteiger partial charge on any atom is -0.369 e. The van der Waals surface area contributed by atoms with Crippen molar-refractivity contribution in [3.05, 3.63) is 39.2 Å². The van der Waals surface area contributed by atoms with Crippen LogP contribution in [-0.4, -0.2) is 16.5 Å². The second-order valence-electron chi connectivity index (χ2n) is 5.03. The van der Waals surface area contributed by atoms with E-state index < -0.39 is 5.82 Å². The standard InChI is InChI=1S/C15H14BrClFN3/c1-2-19-15-12(16)13(8-3-4-8)20-14(21-15)9-5-6-10(17)11(18)7-9/h5-8H,2-4H2,1H3,(H,19,20,21). The molecule has 110 valence electrons. The van der Waals surface area contributed by atoms with Gasteiger partial charge in [0.15, 0.2) is 5.82 Å². The van der Waals surface area contributed by atoms with Crippen molar-refractivity contribution in [3.63, 3.8) is 0 Å². The van der Waals surface area contributed by atoms with E-state index in [2.05, 4.69) is 31.2 Å². The minimum atomic E-state index is -0.460. The molecule has 0 amide bonds. The van der Waals surface area contributed by atoms with Crippen LogP contribution >= 0.6 is 27.5 Å². The Morgan fingerprint density at radius 2 is 2.14 bits per heavy atom. The summed E-state index contributed by atoms with van der Waals surface area (Å²) in [5.41, 5.74) is 1.62. The number of nitrogens with one attached hydrogen (secondary N) is 1. The molecule has 1 aromatic carbocycles. The van der Waals surface area contributed by atoms with Crippen LogP contribution in [-0.2, 0) is 0 Å². The molecule has 1 N–H and O–H groups in total. The molecule has 21 heavy (non-hydrogen) atoms. The normalized spacial score (nSPS) is 14.3. The van der Waals surface area contributed by atoms with E-state index in [1.165, 1.54) is 12.1 Å². The van der Waals surface area contributed by atoms with Gasteiger partial charge in [0.05, 0.1) is 15.2 Å². The highest BCUT2D eigenvalue weighted by atomic mass is 79.9. The van der Waals surface area contributed by atoms with Gasteiger partial charge in [0, 0.05) is 18.0 Å². The summed E-state index contributed by atoms with van der Waals surface area (Å²) in [6.45, 7) is 2.76. The highest BCUT2D eigenvalue weighted by Crippen LogP contribution is 2.44. The average Bonchev–Trinajstić information content (AvgIpc) is 3.29. The van der Waals surface area contributed by atoms with Crippen molar-refractivity contribution in [2.75, 3.05) is 11.9 Å². The Labute approximate surface area is 136 Å².